The Labute approximate surface area is 101 Å². The average Bonchev–Trinajstić information content (AvgIpc) is 2.86. The molecule has 2 aromatic carbocycles. The second-order valence-electron chi connectivity index (χ2n) is 4.20. The molecule has 0 saturated heterocycles. The van der Waals surface area contributed by atoms with E-state index in [1.54, 1.807) is 0 Å². The van der Waals surface area contributed by atoms with E-state index in [1.165, 1.54) is 16.7 Å². The molecule has 0 unspecified atom stereocenters. The maximum absolute atomic E-state index is 5.89. The van der Waals surface area contributed by atoms with Crippen molar-refractivity contribution in [1.82, 2.24) is 0 Å². The monoisotopic (exact) mass is 222 g/mol. The van der Waals surface area contributed by atoms with Gasteiger partial charge in [-0.1, -0.05) is 54.6 Å². The molecule has 0 spiro atoms. The molecule has 0 amide bonds. The van der Waals surface area contributed by atoms with Crippen LogP contribution < -0.4 is 4.74 Å². The Bertz CT molecular complexity index is 541. The van der Waals surface area contributed by atoms with Crippen LogP contribution in [0.15, 0.2) is 54.6 Å². The molecule has 0 N–H and O–H groups in total. The van der Waals surface area contributed by atoms with Gasteiger partial charge >= 0.3 is 0 Å². The molecule has 0 saturated carbocycles. The molecule has 84 valence electrons. The van der Waals surface area contributed by atoms with Crippen LogP contribution in [0.25, 0.3) is 6.08 Å². The molecule has 1 heteroatoms. The summed E-state index contributed by atoms with van der Waals surface area (Å²) in [7, 11) is 0. The lowest BCUT2D eigenvalue weighted by Gasteiger charge is -2.10. The Hall–Kier alpha value is -2.02. The summed E-state index contributed by atoms with van der Waals surface area (Å²) in [4.78, 5) is 0. The van der Waals surface area contributed by atoms with Gasteiger partial charge in [0.25, 0.3) is 0 Å². The van der Waals surface area contributed by atoms with E-state index in [2.05, 4.69) is 42.5 Å². The lowest BCUT2D eigenvalue weighted by atomic mass is 10.1. The Morgan fingerprint density at radius 3 is 2.71 bits per heavy atom. The van der Waals surface area contributed by atoms with Crippen LogP contribution in [-0.4, -0.2) is 0 Å². The van der Waals surface area contributed by atoms with E-state index in [-0.39, 0.29) is 0 Å². The van der Waals surface area contributed by atoms with Gasteiger partial charge in [-0.15, -0.1) is 0 Å². The molecule has 1 aliphatic carbocycles. The van der Waals surface area contributed by atoms with Crippen molar-refractivity contribution < 1.29 is 4.74 Å². The van der Waals surface area contributed by atoms with Gasteiger partial charge in [0.1, 0.15) is 12.4 Å². The highest BCUT2D eigenvalue weighted by Crippen LogP contribution is 2.29. The highest BCUT2D eigenvalue weighted by molar-refractivity contribution is 5.63. The first kappa shape index (κ1) is 10.2. The Balaban J connectivity index is 1.77. The summed E-state index contributed by atoms with van der Waals surface area (Å²) in [5, 5.41) is 0. The zero-order valence-electron chi connectivity index (χ0n) is 9.60. The minimum atomic E-state index is 0.636. The number of hydrogen-bond donors (Lipinski definition) is 0. The number of ether oxygens (including phenoxy) is 1. The van der Waals surface area contributed by atoms with Crippen LogP contribution in [0.5, 0.6) is 5.75 Å². The number of rotatable bonds is 3. The van der Waals surface area contributed by atoms with E-state index in [1.807, 2.05) is 18.2 Å². The maximum Gasteiger partial charge on any atom is 0.123 e. The number of fused-ring (bicyclic) bond motifs is 1. The van der Waals surface area contributed by atoms with E-state index in [9.17, 15) is 0 Å². The van der Waals surface area contributed by atoms with Crippen molar-refractivity contribution in [1.29, 1.82) is 0 Å². The van der Waals surface area contributed by atoms with Crippen molar-refractivity contribution in [2.24, 2.45) is 0 Å². The first-order valence-corrected chi connectivity index (χ1v) is 5.88. The van der Waals surface area contributed by atoms with Crippen molar-refractivity contribution in [3.05, 3.63) is 71.3 Å². The molecule has 0 radical (unpaired) electrons. The second kappa shape index (κ2) is 4.46. The van der Waals surface area contributed by atoms with Gasteiger partial charge in [0, 0.05) is 5.56 Å². The Morgan fingerprint density at radius 1 is 0.941 bits per heavy atom. The SMILES string of the molecule is C1=Cc2cccc(OCc3ccccc3)c2C1. The third-order valence-electron chi connectivity index (χ3n) is 3.03. The predicted molar refractivity (Wildman–Crippen MR) is 70.0 cm³/mol. The summed E-state index contributed by atoms with van der Waals surface area (Å²) < 4.78 is 5.89. The van der Waals surface area contributed by atoms with Gasteiger partial charge in [-0.25, -0.2) is 0 Å². The molecule has 0 bridgehead atoms. The lowest BCUT2D eigenvalue weighted by Crippen LogP contribution is -1.98. The van der Waals surface area contributed by atoms with E-state index in [0.717, 1.165) is 12.2 Å². The molecule has 0 aliphatic heterocycles. The molecule has 1 aliphatic rings. The van der Waals surface area contributed by atoms with Gasteiger partial charge < -0.3 is 4.74 Å². The van der Waals surface area contributed by atoms with Gasteiger partial charge in [0.2, 0.25) is 0 Å². The maximum atomic E-state index is 5.89. The van der Waals surface area contributed by atoms with Crippen LogP contribution in [0, 0.1) is 0 Å². The van der Waals surface area contributed by atoms with Crippen LogP contribution in [0.3, 0.4) is 0 Å². The molecule has 0 heterocycles. The zero-order chi connectivity index (χ0) is 11.5. The van der Waals surface area contributed by atoms with Crippen molar-refractivity contribution >= 4 is 6.08 Å². The van der Waals surface area contributed by atoms with Crippen LogP contribution >= 0.6 is 0 Å². The van der Waals surface area contributed by atoms with E-state index >= 15 is 0 Å². The number of allylic oxidation sites excluding steroid dienone is 1. The summed E-state index contributed by atoms with van der Waals surface area (Å²) in [6, 6.07) is 16.5. The van der Waals surface area contributed by atoms with Crippen LogP contribution in [0.2, 0.25) is 0 Å². The summed E-state index contributed by atoms with van der Waals surface area (Å²) in [5.41, 5.74) is 3.80. The Morgan fingerprint density at radius 2 is 1.82 bits per heavy atom. The van der Waals surface area contributed by atoms with Crippen molar-refractivity contribution in [2.45, 2.75) is 13.0 Å². The second-order valence-corrected chi connectivity index (χ2v) is 4.20. The zero-order valence-corrected chi connectivity index (χ0v) is 9.60. The topological polar surface area (TPSA) is 9.23 Å². The van der Waals surface area contributed by atoms with E-state index in [4.69, 9.17) is 4.74 Å². The minimum absolute atomic E-state index is 0.636. The third-order valence-corrected chi connectivity index (χ3v) is 3.03. The van der Waals surface area contributed by atoms with Crippen LogP contribution in [0.1, 0.15) is 16.7 Å². The average molecular weight is 222 g/mol. The fraction of sp³-hybridized carbons (Fsp3) is 0.125. The fourth-order valence-electron chi connectivity index (χ4n) is 2.13. The summed E-state index contributed by atoms with van der Waals surface area (Å²) in [6.07, 6.45) is 5.32. The first-order valence-electron chi connectivity index (χ1n) is 5.88. The smallest absolute Gasteiger partial charge is 0.123 e. The fourth-order valence-corrected chi connectivity index (χ4v) is 2.13. The predicted octanol–water partition coefficient (Wildman–Crippen LogP) is 3.83. The van der Waals surface area contributed by atoms with Gasteiger partial charge in [-0.3, -0.25) is 0 Å². The summed E-state index contributed by atoms with van der Waals surface area (Å²) in [6.45, 7) is 0.636. The molecule has 3 rings (SSSR count). The normalized spacial score (nSPS) is 12.5. The van der Waals surface area contributed by atoms with Gasteiger partial charge in [-0.05, 0) is 23.6 Å². The van der Waals surface area contributed by atoms with Crippen molar-refractivity contribution in [2.75, 3.05) is 0 Å². The largest absolute Gasteiger partial charge is 0.489 e. The summed E-state index contributed by atoms with van der Waals surface area (Å²) in [5.74, 6) is 1.01. The number of hydrogen-bond acceptors (Lipinski definition) is 1. The van der Waals surface area contributed by atoms with E-state index < -0.39 is 0 Å². The van der Waals surface area contributed by atoms with Crippen LogP contribution in [0.4, 0.5) is 0 Å². The molecule has 0 aromatic heterocycles. The molecule has 17 heavy (non-hydrogen) atoms. The minimum Gasteiger partial charge on any atom is -0.489 e. The van der Waals surface area contributed by atoms with E-state index in [0.29, 0.717) is 6.61 Å². The molecule has 0 atom stereocenters. The molecule has 2 aromatic rings. The highest BCUT2D eigenvalue weighted by Gasteiger charge is 2.10. The first-order chi connectivity index (χ1) is 8.43. The quantitative estimate of drug-likeness (QED) is 0.766. The van der Waals surface area contributed by atoms with Gasteiger partial charge in [0.05, 0.1) is 0 Å². The standard InChI is InChI=1S/C16H14O/c1-2-6-13(7-3-1)12-17-16-11-5-9-14-8-4-10-15(14)16/h1-9,11H,10,12H2. The lowest BCUT2D eigenvalue weighted by molar-refractivity contribution is 0.303. The summed E-state index contributed by atoms with van der Waals surface area (Å²) >= 11 is 0. The van der Waals surface area contributed by atoms with Crippen molar-refractivity contribution in [3.8, 4) is 5.75 Å². The van der Waals surface area contributed by atoms with Gasteiger partial charge in [-0.2, -0.15) is 0 Å². The molecular weight excluding hydrogens is 208 g/mol. The Kier molecular flexibility index (Phi) is 2.66. The molecule has 1 nitrogen and oxygen atoms in total. The highest BCUT2D eigenvalue weighted by atomic mass is 16.5. The molecular formula is C16H14O. The van der Waals surface area contributed by atoms with Gasteiger partial charge in [0.15, 0.2) is 0 Å². The van der Waals surface area contributed by atoms with Crippen molar-refractivity contribution in [3.63, 3.8) is 0 Å². The third kappa shape index (κ3) is 2.09. The van der Waals surface area contributed by atoms with Crippen LogP contribution in [-0.2, 0) is 13.0 Å². The number of benzene rings is 2. The molecule has 0 fully saturated rings.